The van der Waals surface area contributed by atoms with E-state index in [1.54, 1.807) is 26.1 Å². The third-order valence-electron chi connectivity index (χ3n) is 7.75. The summed E-state index contributed by atoms with van der Waals surface area (Å²) in [6.45, 7) is 4.26. The average molecular weight is 635 g/mol. The number of likely N-dealkylation sites (N-methyl/N-ethyl adjacent to an activating group) is 1. The van der Waals surface area contributed by atoms with Gasteiger partial charge in [0.05, 0.1) is 21.2 Å². The minimum atomic E-state index is -4.69. The summed E-state index contributed by atoms with van der Waals surface area (Å²) in [5.74, 6) is -0.807. The van der Waals surface area contributed by atoms with Crippen molar-refractivity contribution in [1.82, 2.24) is 14.7 Å². The minimum absolute atomic E-state index is 0.0711. The zero-order valence-corrected chi connectivity index (χ0v) is 24.2. The van der Waals surface area contributed by atoms with E-state index < -0.39 is 17.6 Å². The zero-order valence-electron chi connectivity index (χ0n) is 21.1. The molecule has 2 aromatic carbocycles. The molecular weight excluding hydrogens is 606 g/mol. The van der Waals surface area contributed by atoms with E-state index in [9.17, 15) is 22.8 Å². The molecule has 38 heavy (non-hydrogen) atoms. The summed E-state index contributed by atoms with van der Waals surface area (Å²) in [7, 11) is 1.57. The fraction of sp³-hybridized carbons (Fsp3) is 0.481. The summed E-state index contributed by atoms with van der Waals surface area (Å²) < 4.78 is 41.5. The molecule has 2 aromatic rings. The molecule has 2 amide bonds. The lowest BCUT2D eigenvalue weighted by atomic mass is 9.83. The van der Waals surface area contributed by atoms with E-state index in [1.807, 2.05) is 11.0 Å². The first-order valence-electron chi connectivity index (χ1n) is 12.5. The van der Waals surface area contributed by atoms with Gasteiger partial charge in [-0.05, 0) is 49.1 Å². The van der Waals surface area contributed by atoms with Gasteiger partial charge in [0.15, 0.2) is 0 Å². The molecular formula is C27H29BrCl2F3N3O2. The molecule has 0 N–H and O–H groups in total. The van der Waals surface area contributed by atoms with Gasteiger partial charge in [-0.15, -0.1) is 0 Å². The largest absolute Gasteiger partial charge is 0.418 e. The number of hydrogen-bond acceptors (Lipinski definition) is 3. The SMILES string of the molecule is CC(=O)N1CCC(N2CC[C@H](N(C)C(=O)c3cccc(Br)c3C(F)(F)F)C(c3ccc(Cl)c(Cl)c3)C2)CC1. The highest BCUT2D eigenvalue weighted by molar-refractivity contribution is 9.10. The highest BCUT2D eigenvalue weighted by atomic mass is 79.9. The monoisotopic (exact) mass is 633 g/mol. The molecule has 2 aliphatic heterocycles. The van der Waals surface area contributed by atoms with Crippen LogP contribution in [0.15, 0.2) is 40.9 Å². The minimum Gasteiger partial charge on any atom is -0.343 e. The molecule has 5 nitrogen and oxygen atoms in total. The maximum atomic E-state index is 13.9. The molecule has 1 unspecified atom stereocenters. The number of nitrogens with zero attached hydrogens (tertiary/aromatic N) is 3. The van der Waals surface area contributed by atoms with Crippen molar-refractivity contribution in [2.45, 2.75) is 50.4 Å². The normalized spacial score (nSPS) is 21.4. The average Bonchev–Trinajstić information content (AvgIpc) is 2.88. The Morgan fingerprint density at radius 1 is 1.03 bits per heavy atom. The fourth-order valence-corrected chi connectivity index (χ4v) is 6.61. The molecule has 2 atom stereocenters. The van der Waals surface area contributed by atoms with Gasteiger partial charge in [-0.2, -0.15) is 13.2 Å². The van der Waals surface area contributed by atoms with Crippen molar-refractivity contribution in [3.8, 4) is 0 Å². The third kappa shape index (κ3) is 6.16. The second-order valence-corrected chi connectivity index (χ2v) is 11.6. The maximum absolute atomic E-state index is 13.9. The Hall–Kier alpha value is -1.81. The molecule has 0 saturated carbocycles. The number of benzene rings is 2. The van der Waals surface area contributed by atoms with E-state index in [4.69, 9.17) is 23.2 Å². The van der Waals surface area contributed by atoms with Crippen LogP contribution in [-0.4, -0.2) is 71.8 Å². The van der Waals surface area contributed by atoms with Gasteiger partial charge in [0.2, 0.25) is 5.91 Å². The highest BCUT2D eigenvalue weighted by Gasteiger charge is 2.42. The summed E-state index contributed by atoms with van der Waals surface area (Å²) in [6.07, 6.45) is -2.41. The van der Waals surface area contributed by atoms with E-state index in [2.05, 4.69) is 20.8 Å². The van der Waals surface area contributed by atoms with Gasteiger partial charge >= 0.3 is 6.18 Å². The van der Waals surface area contributed by atoms with Crippen LogP contribution in [0.2, 0.25) is 10.0 Å². The van der Waals surface area contributed by atoms with Crippen molar-refractivity contribution >= 4 is 50.9 Å². The van der Waals surface area contributed by atoms with Crippen LogP contribution in [0, 0.1) is 0 Å². The first-order valence-corrected chi connectivity index (χ1v) is 14.0. The number of amides is 2. The predicted octanol–water partition coefficient (Wildman–Crippen LogP) is 6.72. The Kier molecular flexibility index (Phi) is 9.02. The number of carbonyl (C=O) groups is 2. The molecule has 206 valence electrons. The van der Waals surface area contributed by atoms with Gasteiger partial charge in [-0.3, -0.25) is 14.5 Å². The molecule has 2 aliphatic rings. The van der Waals surface area contributed by atoms with Crippen LogP contribution in [0.5, 0.6) is 0 Å². The summed E-state index contributed by atoms with van der Waals surface area (Å²) in [4.78, 5) is 31.0. The van der Waals surface area contributed by atoms with E-state index >= 15 is 0 Å². The fourth-order valence-electron chi connectivity index (χ4n) is 5.71. The number of carbonyl (C=O) groups excluding carboxylic acids is 2. The molecule has 2 saturated heterocycles. The van der Waals surface area contributed by atoms with E-state index in [-0.39, 0.29) is 33.9 Å². The van der Waals surface area contributed by atoms with Gasteiger partial charge in [0.25, 0.3) is 5.91 Å². The van der Waals surface area contributed by atoms with Crippen molar-refractivity contribution in [3.63, 3.8) is 0 Å². The van der Waals surface area contributed by atoms with E-state index in [1.165, 1.54) is 23.1 Å². The molecule has 0 bridgehead atoms. The molecule has 0 spiro atoms. The van der Waals surface area contributed by atoms with Crippen LogP contribution in [-0.2, 0) is 11.0 Å². The van der Waals surface area contributed by atoms with Crippen molar-refractivity contribution in [1.29, 1.82) is 0 Å². The highest BCUT2D eigenvalue weighted by Crippen LogP contribution is 2.40. The second kappa shape index (κ2) is 11.7. The van der Waals surface area contributed by atoms with E-state index in [0.717, 1.165) is 18.4 Å². The number of likely N-dealkylation sites (tertiary alicyclic amines) is 2. The van der Waals surface area contributed by atoms with Gasteiger partial charge in [-0.1, -0.05) is 51.3 Å². The lowest BCUT2D eigenvalue weighted by molar-refractivity contribution is -0.138. The van der Waals surface area contributed by atoms with Crippen LogP contribution < -0.4 is 0 Å². The van der Waals surface area contributed by atoms with Crippen molar-refractivity contribution in [2.24, 2.45) is 0 Å². The quantitative estimate of drug-likeness (QED) is 0.375. The number of rotatable bonds is 4. The van der Waals surface area contributed by atoms with Crippen LogP contribution in [0.25, 0.3) is 0 Å². The van der Waals surface area contributed by atoms with Gasteiger partial charge in [0.1, 0.15) is 0 Å². The van der Waals surface area contributed by atoms with Crippen molar-refractivity contribution in [2.75, 3.05) is 33.2 Å². The Labute approximate surface area is 239 Å². The lowest BCUT2D eigenvalue weighted by Crippen LogP contribution is -2.55. The topological polar surface area (TPSA) is 43.9 Å². The van der Waals surface area contributed by atoms with Crippen LogP contribution >= 0.6 is 39.1 Å². The molecule has 11 heteroatoms. The molecule has 2 fully saturated rings. The second-order valence-electron chi connectivity index (χ2n) is 9.94. The molecule has 2 heterocycles. The molecule has 0 aromatic heterocycles. The molecule has 0 radical (unpaired) electrons. The predicted molar refractivity (Wildman–Crippen MR) is 146 cm³/mol. The Morgan fingerprint density at radius 2 is 1.71 bits per heavy atom. The number of alkyl halides is 3. The standard InChI is InChI=1S/C27H29BrCl2F3N3O2/c1-16(37)35-11-8-18(9-12-35)36-13-10-24(20(15-36)17-6-7-22(29)23(30)14-17)34(2)26(38)19-4-3-5-21(28)25(19)27(31,32)33/h3-7,14,18,20,24H,8-13,15H2,1-2H3/t20?,24-/m0/s1. The van der Waals surface area contributed by atoms with E-state index in [0.29, 0.717) is 42.6 Å². The lowest BCUT2D eigenvalue weighted by Gasteiger charge is -2.47. The van der Waals surface area contributed by atoms with Gasteiger partial charge in [0, 0.05) is 62.6 Å². The maximum Gasteiger partial charge on any atom is 0.418 e. The smallest absolute Gasteiger partial charge is 0.343 e. The molecule has 0 aliphatic carbocycles. The summed E-state index contributed by atoms with van der Waals surface area (Å²) in [6, 6.07) is 9.22. The van der Waals surface area contributed by atoms with Crippen molar-refractivity contribution in [3.05, 3.63) is 67.6 Å². The Balaban J connectivity index is 1.63. The third-order valence-corrected chi connectivity index (χ3v) is 9.15. The van der Waals surface area contributed by atoms with Crippen molar-refractivity contribution < 1.29 is 22.8 Å². The first-order chi connectivity index (χ1) is 17.9. The van der Waals surface area contributed by atoms with Gasteiger partial charge < -0.3 is 9.80 Å². The Bertz CT molecular complexity index is 1200. The number of halogens is 6. The number of hydrogen-bond donors (Lipinski definition) is 0. The van der Waals surface area contributed by atoms with Gasteiger partial charge in [-0.25, -0.2) is 0 Å². The summed E-state index contributed by atoms with van der Waals surface area (Å²) >= 11 is 15.5. The van der Waals surface area contributed by atoms with Crippen LogP contribution in [0.4, 0.5) is 13.2 Å². The summed E-state index contributed by atoms with van der Waals surface area (Å²) in [5.41, 5.74) is -0.487. The zero-order chi connectivity index (χ0) is 27.8. The Morgan fingerprint density at radius 3 is 2.32 bits per heavy atom. The van der Waals surface area contributed by atoms with Crippen LogP contribution in [0.1, 0.15) is 53.6 Å². The number of piperidine rings is 2. The molecule has 4 rings (SSSR count). The van der Waals surface area contributed by atoms with Crippen LogP contribution in [0.3, 0.4) is 0 Å². The first kappa shape index (κ1) is 29.2. The summed E-state index contributed by atoms with van der Waals surface area (Å²) in [5, 5.41) is 0.791.